The number of hydrogen-bond acceptors (Lipinski definition) is 5. The maximum absolute atomic E-state index is 11.2. The van der Waals surface area contributed by atoms with Crippen molar-refractivity contribution in [2.24, 2.45) is 0 Å². The molecule has 6 heteroatoms. The third kappa shape index (κ3) is 4.67. The van der Waals surface area contributed by atoms with Crippen LogP contribution in [0, 0.1) is 0 Å². The van der Waals surface area contributed by atoms with E-state index in [1.807, 2.05) is 0 Å². The van der Waals surface area contributed by atoms with E-state index in [9.17, 15) is 4.79 Å². The van der Waals surface area contributed by atoms with Crippen LogP contribution < -0.4 is 15.5 Å². The Morgan fingerprint density at radius 1 is 1.39 bits per heavy atom. The van der Waals surface area contributed by atoms with Gasteiger partial charge in [0.15, 0.2) is 0 Å². The van der Waals surface area contributed by atoms with Crippen LogP contribution in [0.3, 0.4) is 0 Å². The third-order valence-electron chi connectivity index (χ3n) is 2.45. The first-order valence-corrected chi connectivity index (χ1v) is 6.10. The second-order valence-electron chi connectivity index (χ2n) is 4.10. The van der Waals surface area contributed by atoms with Gasteiger partial charge in [-0.15, -0.1) is 0 Å². The molecule has 0 atom stereocenters. The largest absolute Gasteiger partial charge is 0.358 e. The van der Waals surface area contributed by atoms with Crippen molar-refractivity contribution in [3.05, 3.63) is 18.0 Å². The number of amides is 1. The van der Waals surface area contributed by atoms with E-state index in [2.05, 4.69) is 27.5 Å². The Hall–Kier alpha value is -1.69. The van der Waals surface area contributed by atoms with Gasteiger partial charge in [-0.25, -0.2) is 9.97 Å². The summed E-state index contributed by atoms with van der Waals surface area (Å²) in [6, 6.07) is 0. The molecule has 1 aromatic heterocycles. The summed E-state index contributed by atoms with van der Waals surface area (Å²) in [6.07, 6.45) is 4.67. The summed E-state index contributed by atoms with van der Waals surface area (Å²) in [7, 11) is 3.40. The normalized spacial score (nSPS) is 10.2. The molecule has 0 spiro atoms. The zero-order chi connectivity index (χ0) is 13.4. The molecule has 0 radical (unpaired) electrons. The van der Waals surface area contributed by atoms with Gasteiger partial charge < -0.3 is 15.5 Å². The van der Waals surface area contributed by atoms with Crippen LogP contribution in [0.5, 0.6) is 0 Å². The van der Waals surface area contributed by atoms with Crippen LogP contribution in [-0.2, 0) is 11.3 Å². The second-order valence-corrected chi connectivity index (χ2v) is 4.10. The van der Waals surface area contributed by atoms with Crippen molar-refractivity contribution < 1.29 is 4.79 Å². The molecule has 0 aliphatic rings. The number of likely N-dealkylation sites (N-methyl/N-ethyl adjacent to an activating group) is 2. The molecule has 0 aliphatic carbocycles. The summed E-state index contributed by atoms with van der Waals surface area (Å²) < 4.78 is 0. The number of carbonyl (C=O) groups excluding carboxylic acids is 1. The molecule has 0 saturated carbocycles. The van der Waals surface area contributed by atoms with E-state index in [-0.39, 0.29) is 12.5 Å². The van der Waals surface area contributed by atoms with Crippen molar-refractivity contribution in [3.8, 4) is 0 Å². The molecule has 2 N–H and O–H groups in total. The molecule has 0 fully saturated rings. The molecule has 0 bridgehead atoms. The van der Waals surface area contributed by atoms with Gasteiger partial charge in [0, 0.05) is 38.6 Å². The van der Waals surface area contributed by atoms with E-state index >= 15 is 0 Å². The summed E-state index contributed by atoms with van der Waals surface area (Å²) in [5.74, 6) is 0.493. The summed E-state index contributed by atoms with van der Waals surface area (Å²) in [4.78, 5) is 21.4. The predicted molar refractivity (Wildman–Crippen MR) is 71.4 cm³/mol. The van der Waals surface area contributed by atoms with Crippen LogP contribution in [0.25, 0.3) is 0 Å². The Morgan fingerprint density at radius 2 is 2.06 bits per heavy atom. The lowest BCUT2D eigenvalue weighted by atomic mass is 10.3. The average molecular weight is 251 g/mol. The Kier molecular flexibility index (Phi) is 6.07. The molecule has 1 aromatic rings. The highest BCUT2D eigenvalue weighted by Gasteiger charge is 2.07. The zero-order valence-electron chi connectivity index (χ0n) is 11.2. The van der Waals surface area contributed by atoms with Gasteiger partial charge in [0.1, 0.15) is 0 Å². The minimum absolute atomic E-state index is 0.0604. The van der Waals surface area contributed by atoms with Gasteiger partial charge in [0.05, 0.1) is 6.54 Å². The predicted octanol–water partition coefficient (Wildman–Crippen LogP) is 0.158. The zero-order valence-corrected chi connectivity index (χ0v) is 11.2. The van der Waals surface area contributed by atoms with Crippen LogP contribution in [0.15, 0.2) is 12.4 Å². The van der Waals surface area contributed by atoms with Crippen LogP contribution in [0.2, 0.25) is 0 Å². The standard InChI is InChI=1S/C12H21N5O/c1-4-5-14-6-10-7-15-12(16-8-10)17(3)9-11(18)13-2/h7-8,14H,4-6,9H2,1-3H3,(H,13,18). The van der Waals surface area contributed by atoms with Crippen molar-refractivity contribution in [1.29, 1.82) is 0 Å². The molecule has 1 heterocycles. The van der Waals surface area contributed by atoms with Crippen LogP contribution in [0.4, 0.5) is 5.95 Å². The first-order valence-electron chi connectivity index (χ1n) is 6.10. The monoisotopic (exact) mass is 251 g/mol. The minimum atomic E-state index is -0.0604. The fourth-order valence-electron chi connectivity index (χ4n) is 1.41. The lowest BCUT2D eigenvalue weighted by Crippen LogP contribution is -2.33. The Bertz CT molecular complexity index is 365. The lowest BCUT2D eigenvalue weighted by molar-refractivity contribution is -0.119. The number of carbonyl (C=O) groups is 1. The van der Waals surface area contributed by atoms with Crippen molar-refractivity contribution in [1.82, 2.24) is 20.6 Å². The fourth-order valence-corrected chi connectivity index (χ4v) is 1.41. The minimum Gasteiger partial charge on any atom is -0.358 e. The van der Waals surface area contributed by atoms with Crippen LogP contribution in [-0.4, -0.2) is 43.1 Å². The number of rotatable bonds is 7. The number of aromatic nitrogens is 2. The SMILES string of the molecule is CCCNCc1cnc(N(C)CC(=O)NC)nc1. The Morgan fingerprint density at radius 3 is 2.61 bits per heavy atom. The summed E-state index contributed by atoms with van der Waals surface area (Å²) >= 11 is 0. The average Bonchev–Trinajstić information content (AvgIpc) is 2.39. The molecule has 0 aromatic carbocycles. The van der Waals surface area contributed by atoms with E-state index in [0.717, 1.165) is 25.1 Å². The molecular weight excluding hydrogens is 230 g/mol. The molecule has 6 nitrogen and oxygen atoms in total. The topological polar surface area (TPSA) is 70.2 Å². The van der Waals surface area contributed by atoms with E-state index in [1.165, 1.54) is 0 Å². The molecule has 0 saturated heterocycles. The number of nitrogens with one attached hydrogen (secondary N) is 2. The second kappa shape index (κ2) is 7.60. The van der Waals surface area contributed by atoms with Gasteiger partial charge in [0.2, 0.25) is 11.9 Å². The molecule has 1 rings (SSSR count). The van der Waals surface area contributed by atoms with E-state index in [0.29, 0.717) is 5.95 Å². The molecule has 0 aliphatic heterocycles. The third-order valence-corrected chi connectivity index (χ3v) is 2.45. The maximum atomic E-state index is 11.2. The number of nitrogens with zero attached hydrogens (tertiary/aromatic N) is 3. The summed E-state index contributed by atoms with van der Waals surface area (Å²) in [5, 5.41) is 5.85. The van der Waals surface area contributed by atoms with Gasteiger partial charge in [0.25, 0.3) is 0 Å². The first-order chi connectivity index (χ1) is 8.67. The maximum Gasteiger partial charge on any atom is 0.239 e. The van der Waals surface area contributed by atoms with E-state index < -0.39 is 0 Å². The quantitative estimate of drug-likeness (QED) is 0.676. The number of hydrogen-bond donors (Lipinski definition) is 2. The van der Waals surface area contributed by atoms with Gasteiger partial charge in [-0.05, 0) is 13.0 Å². The highest BCUT2D eigenvalue weighted by Crippen LogP contribution is 2.04. The first kappa shape index (κ1) is 14.4. The van der Waals surface area contributed by atoms with Crippen molar-refractivity contribution in [2.45, 2.75) is 19.9 Å². The Balaban J connectivity index is 2.51. The smallest absolute Gasteiger partial charge is 0.239 e. The van der Waals surface area contributed by atoms with E-state index in [1.54, 1.807) is 31.4 Å². The van der Waals surface area contributed by atoms with Crippen LogP contribution >= 0.6 is 0 Å². The fraction of sp³-hybridized carbons (Fsp3) is 0.583. The molecule has 0 unspecified atom stereocenters. The highest BCUT2D eigenvalue weighted by atomic mass is 16.1. The molecule has 1 amide bonds. The Labute approximate surface area is 108 Å². The van der Waals surface area contributed by atoms with Crippen molar-refractivity contribution >= 4 is 11.9 Å². The van der Waals surface area contributed by atoms with Gasteiger partial charge in [-0.1, -0.05) is 6.92 Å². The number of anilines is 1. The lowest BCUT2D eigenvalue weighted by Gasteiger charge is -2.15. The molecule has 100 valence electrons. The van der Waals surface area contributed by atoms with Crippen LogP contribution in [0.1, 0.15) is 18.9 Å². The van der Waals surface area contributed by atoms with Crippen molar-refractivity contribution in [2.75, 3.05) is 32.1 Å². The van der Waals surface area contributed by atoms with Gasteiger partial charge in [-0.3, -0.25) is 4.79 Å². The van der Waals surface area contributed by atoms with Gasteiger partial charge >= 0.3 is 0 Å². The molecular formula is C12H21N5O. The molecule has 18 heavy (non-hydrogen) atoms. The highest BCUT2D eigenvalue weighted by molar-refractivity contribution is 5.80. The van der Waals surface area contributed by atoms with Gasteiger partial charge in [-0.2, -0.15) is 0 Å². The summed E-state index contributed by atoms with van der Waals surface area (Å²) in [6.45, 7) is 4.13. The van der Waals surface area contributed by atoms with E-state index in [4.69, 9.17) is 0 Å². The summed E-state index contributed by atoms with van der Waals surface area (Å²) in [5.41, 5.74) is 1.04. The van der Waals surface area contributed by atoms with Crippen molar-refractivity contribution in [3.63, 3.8) is 0 Å².